The zero-order valence-corrected chi connectivity index (χ0v) is 11.6. The second-order valence-corrected chi connectivity index (χ2v) is 6.01. The highest BCUT2D eigenvalue weighted by atomic mass is 14.5. The maximum Gasteiger partial charge on any atom is 0.000359 e. The number of allylic oxidation sites excluding steroid dienone is 4. The minimum Gasteiger partial charge on any atom is -0.103 e. The van der Waals surface area contributed by atoms with Gasteiger partial charge >= 0.3 is 0 Å². The molecule has 0 saturated heterocycles. The largest absolute Gasteiger partial charge is 0.103 e. The molecule has 0 bridgehead atoms. The van der Waals surface area contributed by atoms with Gasteiger partial charge in [0.05, 0.1) is 0 Å². The van der Waals surface area contributed by atoms with E-state index in [4.69, 9.17) is 0 Å². The summed E-state index contributed by atoms with van der Waals surface area (Å²) >= 11 is 0. The zero-order chi connectivity index (χ0) is 12.6. The lowest BCUT2D eigenvalue weighted by molar-refractivity contribution is 0.127. The van der Waals surface area contributed by atoms with Crippen LogP contribution >= 0.6 is 0 Å². The van der Waals surface area contributed by atoms with Crippen LogP contribution in [0.1, 0.15) is 53.9 Å². The Hall–Kier alpha value is -0.780. The van der Waals surface area contributed by atoms with E-state index in [1.807, 2.05) is 0 Å². The molecule has 1 saturated carbocycles. The Balaban J connectivity index is 3.20. The molecule has 1 rings (SSSR count). The zero-order valence-electron chi connectivity index (χ0n) is 11.6. The van der Waals surface area contributed by atoms with E-state index in [0.29, 0.717) is 0 Å². The number of hydrogen-bond donors (Lipinski definition) is 0. The SMILES string of the molecule is C=C[C@]1(C)CCC(=C(C)C)C[C@@]1(C)C(=C)C. The molecule has 1 aliphatic carbocycles. The first kappa shape index (κ1) is 13.3. The summed E-state index contributed by atoms with van der Waals surface area (Å²) in [6.07, 6.45) is 5.70. The first-order valence-corrected chi connectivity index (χ1v) is 6.21. The normalized spacial score (nSPS) is 34.7. The third-order valence-corrected chi connectivity index (χ3v) is 4.87. The fourth-order valence-electron chi connectivity index (χ4n) is 2.80. The van der Waals surface area contributed by atoms with Gasteiger partial charge in [0.25, 0.3) is 0 Å². The lowest BCUT2D eigenvalue weighted by atomic mass is 9.54. The highest BCUT2D eigenvalue weighted by Gasteiger charge is 2.46. The van der Waals surface area contributed by atoms with Crippen molar-refractivity contribution in [1.82, 2.24) is 0 Å². The average Bonchev–Trinajstić information content (AvgIpc) is 2.21. The minimum atomic E-state index is 0.166. The van der Waals surface area contributed by atoms with Gasteiger partial charge in [-0.1, -0.05) is 43.2 Å². The van der Waals surface area contributed by atoms with Crippen LogP contribution < -0.4 is 0 Å². The van der Waals surface area contributed by atoms with Crippen molar-refractivity contribution in [1.29, 1.82) is 0 Å². The smallest absolute Gasteiger partial charge is 0.000359 e. The Bertz CT molecular complexity index is 341. The van der Waals surface area contributed by atoms with E-state index in [9.17, 15) is 0 Å². The van der Waals surface area contributed by atoms with Crippen LogP contribution in [-0.2, 0) is 0 Å². The molecule has 0 aromatic rings. The van der Waals surface area contributed by atoms with Crippen molar-refractivity contribution < 1.29 is 0 Å². The summed E-state index contributed by atoms with van der Waals surface area (Å²) in [5.74, 6) is 0. The molecule has 1 aliphatic rings. The Morgan fingerprint density at radius 1 is 1.25 bits per heavy atom. The number of rotatable bonds is 2. The molecule has 0 amide bonds. The Kier molecular flexibility index (Phi) is 3.52. The van der Waals surface area contributed by atoms with Crippen molar-refractivity contribution in [2.75, 3.05) is 0 Å². The molecule has 0 radical (unpaired) electrons. The van der Waals surface area contributed by atoms with Gasteiger partial charge in [0.2, 0.25) is 0 Å². The molecule has 0 nitrogen and oxygen atoms in total. The van der Waals surface area contributed by atoms with Crippen LogP contribution in [0.15, 0.2) is 36.0 Å². The van der Waals surface area contributed by atoms with Crippen LogP contribution in [0.25, 0.3) is 0 Å². The molecule has 0 heteroatoms. The van der Waals surface area contributed by atoms with Crippen molar-refractivity contribution in [2.45, 2.75) is 53.9 Å². The molecule has 2 atom stereocenters. The molecule has 0 heterocycles. The average molecular weight is 218 g/mol. The molecule has 90 valence electrons. The van der Waals surface area contributed by atoms with Crippen LogP contribution in [0.4, 0.5) is 0 Å². The monoisotopic (exact) mass is 218 g/mol. The van der Waals surface area contributed by atoms with E-state index < -0.39 is 0 Å². The summed E-state index contributed by atoms with van der Waals surface area (Å²) in [5, 5.41) is 0. The van der Waals surface area contributed by atoms with Crippen molar-refractivity contribution in [2.24, 2.45) is 10.8 Å². The van der Waals surface area contributed by atoms with Gasteiger partial charge in [-0.15, -0.1) is 6.58 Å². The van der Waals surface area contributed by atoms with Crippen LogP contribution in [0.2, 0.25) is 0 Å². The van der Waals surface area contributed by atoms with E-state index in [-0.39, 0.29) is 10.8 Å². The van der Waals surface area contributed by atoms with E-state index in [0.717, 1.165) is 6.42 Å². The molecule has 0 aromatic heterocycles. The highest BCUT2D eigenvalue weighted by molar-refractivity contribution is 5.27. The summed E-state index contributed by atoms with van der Waals surface area (Å²) in [6.45, 7) is 19.6. The minimum absolute atomic E-state index is 0.166. The maximum atomic E-state index is 4.22. The molecular weight excluding hydrogens is 192 g/mol. The van der Waals surface area contributed by atoms with Gasteiger partial charge in [0.15, 0.2) is 0 Å². The molecule has 0 unspecified atom stereocenters. The van der Waals surface area contributed by atoms with Gasteiger partial charge < -0.3 is 0 Å². The van der Waals surface area contributed by atoms with Crippen LogP contribution in [0.3, 0.4) is 0 Å². The molecule has 0 spiro atoms. The maximum absolute atomic E-state index is 4.22. The molecule has 0 N–H and O–H groups in total. The fraction of sp³-hybridized carbons (Fsp3) is 0.625. The summed E-state index contributed by atoms with van der Waals surface area (Å²) in [4.78, 5) is 0. The summed E-state index contributed by atoms with van der Waals surface area (Å²) in [5.41, 5.74) is 4.74. The van der Waals surface area contributed by atoms with E-state index in [2.05, 4.69) is 53.9 Å². The molecule has 16 heavy (non-hydrogen) atoms. The second kappa shape index (κ2) is 4.24. The second-order valence-electron chi connectivity index (χ2n) is 6.01. The van der Waals surface area contributed by atoms with Gasteiger partial charge in [-0.3, -0.25) is 0 Å². The van der Waals surface area contributed by atoms with Gasteiger partial charge in [0, 0.05) is 5.41 Å². The van der Waals surface area contributed by atoms with Crippen molar-refractivity contribution in [3.8, 4) is 0 Å². The van der Waals surface area contributed by atoms with Crippen molar-refractivity contribution in [3.05, 3.63) is 36.0 Å². The van der Waals surface area contributed by atoms with Crippen molar-refractivity contribution >= 4 is 0 Å². The standard InChI is InChI=1S/C16H26/c1-8-15(6)10-9-14(12(2)3)11-16(15,7)13(4)5/h8H,1,4,9-11H2,2-3,5-7H3/t15-,16+/m1/s1. The number of hydrogen-bond acceptors (Lipinski definition) is 0. The van der Waals surface area contributed by atoms with E-state index in [1.165, 1.54) is 24.0 Å². The highest BCUT2D eigenvalue weighted by Crippen LogP contribution is 2.56. The predicted octanol–water partition coefficient (Wildman–Crippen LogP) is 5.28. The molecule has 0 aliphatic heterocycles. The van der Waals surface area contributed by atoms with E-state index in [1.54, 1.807) is 5.57 Å². The fourth-order valence-corrected chi connectivity index (χ4v) is 2.80. The van der Waals surface area contributed by atoms with Crippen LogP contribution in [0.5, 0.6) is 0 Å². The molecule has 0 aromatic carbocycles. The van der Waals surface area contributed by atoms with Gasteiger partial charge in [-0.25, -0.2) is 0 Å². The quantitative estimate of drug-likeness (QED) is 0.553. The first-order chi connectivity index (χ1) is 7.27. The van der Waals surface area contributed by atoms with Crippen molar-refractivity contribution in [3.63, 3.8) is 0 Å². The lowest BCUT2D eigenvalue weighted by Crippen LogP contribution is -2.40. The van der Waals surface area contributed by atoms with Gasteiger partial charge in [-0.05, 0) is 45.4 Å². The summed E-state index contributed by atoms with van der Waals surface area (Å²) in [7, 11) is 0. The van der Waals surface area contributed by atoms with Gasteiger partial charge in [-0.2, -0.15) is 0 Å². The summed E-state index contributed by atoms with van der Waals surface area (Å²) in [6, 6.07) is 0. The Labute approximate surface area is 101 Å². The predicted molar refractivity (Wildman–Crippen MR) is 73.5 cm³/mol. The third-order valence-electron chi connectivity index (χ3n) is 4.87. The first-order valence-electron chi connectivity index (χ1n) is 6.21. The van der Waals surface area contributed by atoms with Crippen LogP contribution in [-0.4, -0.2) is 0 Å². The summed E-state index contributed by atoms with van der Waals surface area (Å²) < 4.78 is 0. The topological polar surface area (TPSA) is 0 Å². The molecular formula is C16H26. The van der Waals surface area contributed by atoms with Crippen LogP contribution in [0, 0.1) is 10.8 Å². The van der Waals surface area contributed by atoms with Gasteiger partial charge in [0.1, 0.15) is 0 Å². The van der Waals surface area contributed by atoms with E-state index >= 15 is 0 Å². The lowest BCUT2D eigenvalue weighted by Gasteiger charge is -2.50. The Morgan fingerprint density at radius 2 is 1.81 bits per heavy atom. The third kappa shape index (κ3) is 1.90. The Morgan fingerprint density at radius 3 is 2.19 bits per heavy atom. The molecule has 1 fully saturated rings.